The molecule has 0 aliphatic heterocycles. The number of imidazole rings is 1. The average molecular weight is 581 g/mol. The predicted molar refractivity (Wildman–Crippen MR) is 183 cm³/mol. The van der Waals surface area contributed by atoms with E-state index in [1.54, 1.807) is 0 Å². The van der Waals surface area contributed by atoms with Gasteiger partial charge in [0.2, 0.25) is 5.55 Å². The summed E-state index contributed by atoms with van der Waals surface area (Å²) in [6.45, 7) is 0. The van der Waals surface area contributed by atoms with Gasteiger partial charge in [0.25, 0.3) is 0 Å². The molecule has 8 aromatic rings. The molecule has 6 aromatic carbocycles. The molecule has 0 atom stereocenters. The van der Waals surface area contributed by atoms with E-state index in [1.807, 2.05) is 78.9 Å². The molecule has 0 bridgehead atoms. The van der Waals surface area contributed by atoms with Crippen molar-refractivity contribution >= 4 is 44.8 Å². The summed E-state index contributed by atoms with van der Waals surface area (Å²) in [6.07, 6.45) is 0. The quantitative estimate of drug-likeness (QED) is 0.197. The van der Waals surface area contributed by atoms with Crippen LogP contribution in [0, 0.1) is 0 Å². The molecule has 214 valence electrons. The van der Waals surface area contributed by atoms with Gasteiger partial charge in [-0.05, 0) is 78.9 Å². The number of fused-ring (bicyclic) bond motifs is 2. The monoisotopic (exact) mass is 580 g/mol. The molecule has 0 saturated heterocycles. The normalized spacial score (nSPS) is 11.7. The lowest BCUT2D eigenvalue weighted by Gasteiger charge is -2.25. The minimum Gasteiger partial charge on any atom is -0.438 e. The van der Waals surface area contributed by atoms with E-state index in [0.29, 0.717) is 5.55 Å². The summed E-state index contributed by atoms with van der Waals surface area (Å²) < 4.78 is 8.93. The van der Waals surface area contributed by atoms with Gasteiger partial charge >= 0.3 is 0 Å². The van der Waals surface area contributed by atoms with Crippen molar-refractivity contribution in [2.75, 3.05) is 4.90 Å². The molecule has 5 heteroatoms. The molecular formula is C40H28N4O. The van der Waals surface area contributed by atoms with Gasteiger partial charge in [0.1, 0.15) is 5.58 Å². The standard InChI is InChI=1S/C40H28N4O/c1-5-15-30(16-6-1)41-40-35(39-42-36-23-13-14-24-37(36)44(39)33-21-11-4-12-22-33)27-29-25-26-34(28-38(29)45-40)43(31-17-7-2-8-18-31)32-19-9-3-10-20-32/h1-28H. The molecule has 0 spiro atoms. The fourth-order valence-corrected chi connectivity index (χ4v) is 5.76. The lowest BCUT2D eigenvalue weighted by atomic mass is 10.1. The van der Waals surface area contributed by atoms with E-state index in [2.05, 4.69) is 100 Å². The van der Waals surface area contributed by atoms with E-state index in [-0.39, 0.29) is 0 Å². The van der Waals surface area contributed by atoms with Crippen LogP contribution in [0.4, 0.5) is 22.7 Å². The summed E-state index contributed by atoms with van der Waals surface area (Å²) >= 11 is 0. The molecule has 0 aliphatic rings. The van der Waals surface area contributed by atoms with Crippen LogP contribution in [0.1, 0.15) is 0 Å². The van der Waals surface area contributed by atoms with Gasteiger partial charge in [0.05, 0.1) is 22.3 Å². The summed E-state index contributed by atoms with van der Waals surface area (Å²) in [5.74, 6) is 0.766. The average Bonchev–Trinajstić information content (AvgIpc) is 3.49. The first-order valence-corrected chi connectivity index (χ1v) is 14.9. The number of aromatic nitrogens is 2. The number of anilines is 3. The third-order valence-corrected chi connectivity index (χ3v) is 7.82. The third-order valence-electron chi connectivity index (χ3n) is 7.82. The van der Waals surface area contributed by atoms with Crippen molar-refractivity contribution < 1.29 is 4.42 Å². The number of benzene rings is 6. The Kier molecular flexibility index (Phi) is 6.74. The van der Waals surface area contributed by atoms with Gasteiger partial charge in [-0.15, -0.1) is 0 Å². The van der Waals surface area contributed by atoms with Gasteiger partial charge in [-0.1, -0.05) is 84.9 Å². The Labute approximate surface area is 260 Å². The zero-order valence-electron chi connectivity index (χ0n) is 24.4. The third kappa shape index (κ3) is 5.07. The van der Waals surface area contributed by atoms with Gasteiger partial charge in [-0.3, -0.25) is 4.57 Å². The highest BCUT2D eigenvalue weighted by atomic mass is 16.3. The Hall–Kier alpha value is -6.20. The number of hydrogen-bond donors (Lipinski definition) is 0. The predicted octanol–water partition coefficient (Wildman–Crippen LogP) is 10.1. The Morgan fingerprint density at radius 2 is 1.16 bits per heavy atom. The van der Waals surface area contributed by atoms with Crippen LogP contribution in [-0.2, 0) is 0 Å². The second-order valence-electron chi connectivity index (χ2n) is 10.7. The zero-order valence-corrected chi connectivity index (χ0v) is 24.4. The Morgan fingerprint density at radius 3 is 1.84 bits per heavy atom. The van der Waals surface area contributed by atoms with Crippen LogP contribution < -0.4 is 10.5 Å². The molecule has 0 aliphatic carbocycles. The van der Waals surface area contributed by atoms with Crippen molar-refractivity contribution in [2.24, 2.45) is 4.99 Å². The Bertz CT molecular complexity index is 2270. The van der Waals surface area contributed by atoms with Gasteiger partial charge in [-0.25, -0.2) is 9.98 Å². The topological polar surface area (TPSA) is 46.6 Å². The van der Waals surface area contributed by atoms with Crippen LogP contribution in [0.2, 0.25) is 0 Å². The maximum Gasteiger partial charge on any atom is 0.230 e. The van der Waals surface area contributed by atoms with E-state index in [4.69, 9.17) is 14.4 Å². The molecule has 5 nitrogen and oxygen atoms in total. The molecule has 0 amide bonds. The second-order valence-corrected chi connectivity index (χ2v) is 10.7. The van der Waals surface area contributed by atoms with Gasteiger partial charge in [0.15, 0.2) is 5.82 Å². The molecule has 0 N–H and O–H groups in total. The maximum atomic E-state index is 6.75. The SMILES string of the molecule is c1ccc(N=c2oc3cc(N(c4ccccc4)c4ccccc4)ccc3cc2-c2nc3ccccc3n2-c2ccccc2)cc1. The van der Waals surface area contributed by atoms with Crippen molar-refractivity contribution in [2.45, 2.75) is 0 Å². The van der Waals surface area contributed by atoms with Gasteiger partial charge in [0, 0.05) is 34.2 Å². The fourth-order valence-electron chi connectivity index (χ4n) is 5.76. The molecule has 0 fully saturated rings. The molecule has 45 heavy (non-hydrogen) atoms. The smallest absolute Gasteiger partial charge is 0.230 e. The van der Waals surface area contributed by atoms with E-state index < -0.39 is 0 Å². The van der Waals surface area contributed by atoms with Crippen LogP contribution in [0.15, 0.2) is 179 Å². The van der Waals surface area contributed by atoms with Crippen molar-refractivity contribution in [3.05, 3.63) is 175 Å². The molecule has 8 rings (SSSR count). The molecule has 0 saturated carbocycles. The fraction of sp³-hybridized carbons (Fsp3) is 0. The highest BCUT2D eigenvalue weighted by Gasteiger charge is 2.19. The van der Waals surface area contributed by atoms with Crippen LogP contribution in [0.3, 0.4) is 0 Å². The van der Waals surface area contributed by atoms with E-state index in [9.17, 15) is 0 Å². The first-order chi connectivity index (χ1) is 22.3. The first-order valence-electron chi connectivity index (χ1n) is 14.9. The molecule has 0 unspecified atom stereocenters. The highest BCUT2D eigenvalue weighted by Crippen LogP contribution is 2.36. The Balaban J connectivity index is 1.38. The minimum absolute atomic E-state index is 0.490. The first kappa shape index (κ1) is 26.4. The number of rotatable bonds is 6. The van der Waals surface area contributed by atoms with Gasteiger partial charge < -0.3 is 9.32 Å². The molecular weight excluding hydrogens is 552 g/mol. The van der Waals surface area contributed by atoms with Crippen LogP contribution >= 0.6 is 0 Å². The summed E-state index contributed by atoms with van der Waals surface area (Å²) in [6, 6.07) is 57.6. The van der Waals surface area contributed by atoms with Crippen LogP contribution in [0.5, 0.6) is 0 Å². The summed E-state index contributed by atoms with van der Waals surface area (Å²) in [4.78, 5) is 12.4. The van der Waals surface area contributed by atoms with Crippen LogP contribution in [0.25, 0.3) is 39.1 Å². The van der Waals surface area contributed by atoms with E-state index in [1.165, 1.54) is 0 Å². The summed E-state index contributed by atoms with van der Waals surface area (Å²) in [7, 11) is 0. The number of hydrogen-bond acceptors (Lipinski definition) is 4. The molecule has 2 aromatic heterocycles. The van der Waals surface area contributed by atoms with Crippen molar-refractivity contribution in [1.29, 1.82) is 0 Å². The minimum atomic E-state index is 0.490. The lowest BCUT2D eigenvalue weighted by molar-refractivity contribution is 0.546. The van der Waals surface area contributed by atoms with Crippen molar-refractivity contribution in [3.63, 3.8) is 0 Å². The second kappa shape index (κ2) is 11.5. The van der Waals surface area contributed by atoms with Crippen molar-refractivity contribution in [1.82, 2.24) is 9.55 Å². The van der Waals surface area contributed by atoms with Gasteiger partial charge in [-0.2, -0.15) is 0 Å². The highest BCUT2D eigenvalue weighted by molar-refractivity contribution is 5.89. The zero-order chi connectivity index (χ0) is 30.0. The van der Waals surface area contributed by atoms with Crippen LogP contribution in [-0.4, -0.2) is 9.55 Å². The van der Waals surface area contributed by atoms with Crippen molar-refractivity contribution in [3.8, 4) is 17.1 Å². The number of para-hydroxylation sites is 6. The molecule has 2 heterocycles. The number of nitrogens with zero attached hydrogens (tertiary/aromatic N) is 4. The summed E-state index contributed by atoms with van der Waals surface area (Å²) in [5, 5.41) is 0.952. The maximum absolute atomic E-state index is 6.75. The summed E-state index contributed by atoms with van der Waals surface area (Å²) in [5.41, 5.74) is 8.87. The van der Waals surface area contributed by atoms with E-state index in [0.717, 1.165) is 61.8 Å². The van der Waals surface area contributed by atoms with E-state index >= 15 is 0 Å². The molecule has 0 radical (unpaired) electrons. The Morgan fingerprint density at radius 1 is 0.556 bits per heavy atom. The lowest BCUT2D eigenvalue weighted by Crippen LogP contribution is -2.11. The largest absolute Gasteiger partial charge is 0.438 e.